The summed E-state index contributed by atoms with van der Waals surface area (Å²) in [5.74, 6) is 0.657. The average molecular weight is 629 g/mol. The maximum atomic E-state index is 13.5. The minimum absolute atomic E-state index is 0.0690. The molecule has 2 aromatic rings. The van der Waals surface area contributed by atoms with Gasteiger partial charge in [-0.1, -0.05) is 62.4 Å². The molecule has 246 valence electrons. The Morgan fingerprint density at radius 1 is 0.978 bits per heavy atom. The molecule has 0 radical (unpaired) electrons. The van der Waals surface area contributed by atoms with Gasteiger partial charge in [0.2, 0.25) is 11.8 Å². The molecule has 5 N–H and O–H groups in total. The second-order valence-electron chi connectivity index (χ2n) is 13.0. The smallest absolute Gasteiger partial charge is 0.335 e. The molecule has 0 bridgehead atoms. The van der Waals surface area contributed by atoms with Crippen molar-refractivity contribution in [3.63, 3.8) is 0 Å². The molecule has 4 amide bonds. The summed E-state index contributed by atoms with van der Waals surface area (Å²) < 4.78 is 0. The van der Waals surface area contributed by atoms with Gasteiger partial charge in [-0.3, -0.25) is 14.4 Å². The Kier molecular flexibility index (Phi) is 11.2. The number of hydrogen-bond donors (Lipinski definition) is 4. The van der Waals surface area contributed by atoms with E-state index in [2.05, 4.69) is 45.4 Å². The Morgan fingerprint density at radius 2 is 1.63 bits per heavy atom. The topological polar surface area (TPSA) is 146 Å². The molecule has 0 aromatic heterocycles. The van der Waals surface area contributed by atoms with E-state index in [4.69, 9.17) is 5.73 Å². The van der Waals surface area contributed by atoms with E-state index in [1.807, 2.05) is 38.1 Å². The monoisotopic (exact) mass is 628 g/mol. The first-order chi connectivity index (χ1) is 22.3. The van der Waals surface area contributed by atoms with E-state index in [1.165, 1.54) is 28.5 Å². The third-order valence-electron chi connectivity index (χ3n) is 9.96. The molecule has 3 aliphatic rings. The van der Waals surface area contributed by atoms with Gasteiger partial charge < -0.3 is 21.3 Å². The summed E-state index contributed by atoms with van der Waals surface area (Å²) in [6, 6.07) is 15.0. The maximum Gasteiger partial charge on any atom is 0.335 e. The molecule has 1 saturated carbocycles. The van der Waals surface area contributed by atoms with E-state index in [-0.39, 0.29) is 29.7 Å². The van der Waals surface area contributed by atoms with Crippen molar-refractivity contribution in [2.75, 3.05) is 13.1 Å². The van der Waals surface area contributed by atoms with Gasteiger partial charge in [0.1, 0.15) is 11.8 Å². The van der Waals surface area contributed by atoms with E-state index in [9.17, 15) is 19.2 Å². The SMILES string of the molecule is CCC(=O)C1CCC(CNC(=O)N/N=C/[C@H](CC)NC(=O)[C@@H]2C[C@@H](N)CN2C(=O)CCC2c3ccccc3-c3ccccc32)CC1. The van der Waals surface area contributed by atoms with Gasteiger partial charge in [-0.25, -0.2) is 10.2 Å². The van der Waals surface area contributed by atoms with Crippen LogP contribution in [0.15, 0.2) is 53.6 Å². The number of benzene rings is 2. The Morgan fingerprint density at radius 3 is 2.26 bits per heavy atom. The van der Waals surface area contributed by atoms with Crippen LogP contribution in [0.1, 0.15) is 88.7 Å². The molecular weight excluding hydrogens is 580 g/mol. The normalized spacial score (nSPS) is 23.1. The maximum absolute atomic E-state index is 13.5. The van der Waals surface area contributed by atoms with Crippen molar-refractivity contribution in [2.24, 2.45) is 22.7 Å². The number of Topliss-reactive ketones (excluding diaryl/α,β-unsaturated/α-hetero) is 1. The molecule has 1 saturated heterocycles. The number of carbonyl (C=O) groups excluding carboxylic acids is 4. The van der Waals surface area contributed by atoms with Gasteiger partial charge in [0.15, 0.2) is 0 Å². The second kappa shape index (κ2) is 15.5. The first kappa shape index (κ1) is 33.3. The first-order valence-electron chi connectivity index (χ1n) is 16.9. The molecule has 46 heavy (non-hydrogen) atoms. The van der Waals surface area contributed by atoms with Crippen molar-refractivity contribution in [2.45, 2.75) is 95.7 Å². The number of nitrogens with two attached hydrogens (primary N) is 1. The summed E-state index contributed by atoms with van der Waals surface area (Å²) in [5, 5.41) is 9.90. The molecule has 5 rings (SSSR count). The van der Waals surface area contributed by atoms with Gasteiger partial charge in [-0.15, -0.1) is 0 Å². The van der Waals surface area contributed by atoms with E-state index in [0.29, 0.717) is 56.9 Å². The molecule has 0 spiro atoms. The zero-order valence-electron chi connectivity index (χ0n) is 27.0. The van der Waals surface area contributed by atoms with Gasteiger partial charge in [-0.05, 0) is 73.1 Å². The predicted octanol–water partition coefficient (Wildman–Crippen LogP) is 4.47. The lowest BCUT2D eigenvalue weighted by Gasteiger charge is -2.27. The van der Waals surface area contributed by atoms with Crippen LogP contribution in [0.2, 0.25) is 0 Å². The summed E-state index contributed by atoms with van der Waals surface area (Å²) in [4.78, 5) is 52.8. The number of urea groups is 1. The Hall–Kier alpha value is -4.05. The molecule has 2 aliphatic carbocycles. The van der Waals surface area contributed by atoms with Crippen molar-refractivity contribution < 1.29 is 19.2 Å². The van der Waals surface area contributed by atoms with Crippen molar-refractivity contribution >= 4 is 29.8 Å². The molecular formula is C36H48N6O4. The number of likely N-dealkylation sites (tertiary alicyclic amines) is 1. The fraction of sp³-hybridized carbons (Fsp3) is 0.528. The minimum atomic E-state index is -0.646. The van der Waals surface area contributed by atoms with Crippen LogP contribution >= 0.6 is 0 Å². The number of carbonyl (C=O) groups is 4. The number of nitrogens with zero attached hydrogens (tertiary/aromatic N) is 2. The number of fused-ring (bicyclic) bond motifs is 3. The van der Waals surface area contributed by atoms with Gasteiger partial charge in [-0.2, -0.15) is 5.10 Å². The number of nitrogens with one attached hydrogen (secondary N) is 3. The molecule has 10 nitrogen and oxygen atoms in total. The van der Waals surface area contributed by atoms with Crippen molar-refractivity contribution in [3.8, 4) is 11.1 Å². The lowest BCUT2D eigenvalue weighted by atomic mass is 9.79. The molecule has 2 fully saturated rings. The van der Waals surface area contributed by atoms with Crippen molar-refractivity contribution in [3.05, 3.63) is 59.7 Å². The number of rotatable bonds is 12. The number of hydrazone groups is 1. The van der Waals surface area contributed by atoms with Crippen LogP contribution < -0.4 is 21.8 Å². The minimum Gasteiger partial charge on any atom is -0.347 e. The fourth-order valence-electron chi connectivity index (χ4n) is 7.34. The van der Waals surface area contributed by atoms with Crippen molar-refractivity contribution in [1.82, 2.24) is 21.0 Å². The lowest BCUT2D eigenvalue weighted by Crippen LogP contribution is -2.49. The summed E-state index contributed by atoms with van der Waals surface area (Å²) in [7, 11) is 0. The highest BCUT2D eigenvalue weighted by Gasteiger charge is 2.39. The number of hydrogen-bond acceptors (Lipinski definition) is 6. The zero-order valence-corrected chi connectivity index (χ0v) is 27.0. The summed E-state index contributed by atoms with van der Waals surface area (Å²) >= 11 is 0. The number of amides is 4. The fourth-order valence-corrected chi connectivity index (χ4v) is 7.34. The molecule has 1 aliphatic heterocycles. The highest BCUT2D eigenvalue weighted by molar-refractivity contribution is 5.90. The molecule has 3 atom stereocenters. The lowest BCUT2D eigenvalue weighted by molar-refractivity contribution is -0.138. The zero-order chi connectivity index (χ0) is 32.6. The van der Waals surface area contributed by atoms with Crippen LogP contribution in [0.3, 0.4) is 0 Å². The van der Waals surface area contributed by atoms with Crippen LogP contribution in [-0.4, -0.2) is 66.0 Å². The average Bonchev–Trinajstić information content (AvgIpc) is 3.63. The van der Waals surface area contributed by atoms with E-state index < -0.39 is 18.1 Å². The van der Waals surface area contributed by atoms with Gasteiger partial charge >= 0.3 is 6.03 Å². The Bertz CT molecular complexity index is 1390. The highest BCUT2D eigenvalue weighted by atomic mass is 16.2. The molecule has 2 aromatic carbocycles. The van der Waals surface area contributed by atoms with Gasteiger partial charge in [0, 0.05) is 50.0 Å². The van der Waals surface area contributed by atoms with Crippen molar-refractivity contribution in [1.29, 1.82) is 0 Å². The standard InChI is InChI=1S/C36H48N6O4/c1-3-26(21-39-41-36(46)38-20-23-13-15-24(16-14-23)33(43)4-2)40-35(45)32-19-25(37)22-42(32)34(44)18-17-31-29-11-7-5-9-27(29)28-10-6-8-12-30(28)31/h5-12,21,23-26,31-32H,3-4,13-20,22,37H2,1-2H3,(H,40,45)(H2,38,41,46)/b39-21+/t23?,24?,25-,26+,32+/m1/s1. The Labute approximate surface area is 271 Å². The van der Waals surface area contributed by atoms with Crippen LogP contribution in [-0.2, 0) is 14.4 Å². The van der Waals surface area contributed by atoms with Crippen LogP contribution in [0.5, 0.6) is 0 Å². The second-order valence-corrected chi connectivity index (χ2v) is 13.0. The van der Waals surface area contributed by atoms with E-state index >= 15 is 0 Å². The van der Waals surface area contributed by atoms with Crippen LogP contribution in [0.4, 0.5) is 4.79 Å². The summed E-state index contributed by atoms with van der Waals surface area (Å²) in [5.41, 5.74) is 13.7. The molecule has 0 unspecified atom stereocenters. The van der Waals surface area contributed by atoms with Gasteiger partial charge in [0.25, 0.3) is 0 Å². The highest BCUT2D eigenvalue weighted by Crippen LogP contribution is 2.46. The molecule has 10 heteroatoms. The largest absolute Gasteiger partial charge is 0.347 e. The molecule has 1 heterocycles. The third-order valence-corrected chi connectivity index (χ3v) is 9.96. The van der Waals surface area contributed by atoms with E-state index in [1.54, 1.807) is 4.90 Å². The van der Waals surface area contributed by atoms with E-state index in [0.717, 1.165) is 25.7 Å². The predicted molar refractivity (Wildman–Crippen MR) is 179 cm³/mol. The van der Waals surface area contributed by atoms with Crippen LogP contribution in [0.25, 0.3) is 11.1 Å². The van der Waals surface area contributed by atoms with Gasteiger partial charge in [0.05, 0.1) is 6.04 Å². The third kappa shape index (κ3) is 7.84. The summed E-state index contributed by atoms with van der Waals surface area (Å²) in [6.45, 7) is 4.70. The quantitative estimate of drug-likeness (QED) is 0.202. The Balaban J connectivity index is 1.09. The van der Waals surface area contributed by atoms with Crippen LogP contribution in [0, 0.1) is 11.8 Å². The first-order valence-corrected chi connectivity index (χ1v) is 16.9. The number of ketones is 1. The summed E-state index contributed by atoms with van der Waals surface area (Å²) in [6.07, 6.45) is 7.65.